The van der Waals surface area contributed by atoms with E-state index in [1.165, 1.54) is 0 Å². The summed E-state index contributed by atoms with van der Waals surface area (Å²) in [5, 5.41) is 1.71. The summed E-state index contributed by atoms with van der Waals surface area (Å²) in [7, 11) is 0.387. The molecule has 3 rings (SSSR count). The van der Waals surface area contributed by atoms with Gasteiger partial charge in [-0.2, -0.15) is 0 Å². The maximum absolute atomic E-state index is 12.9. The highest BCUT2D eigenvalue weighted by molar-refractivity contribution is 7.89. The average Bonchev–Trinajstić information content (AvgIpc) is 2.65. The first-order valence-corrected chi connectivity index (χ1v) is 10.8. The molecule has 1 fully saturated rings. The van der Waals surface area contributed by atoms with E-state index in [1.807, 2.05) is 49.3 Å². The zero-order chi connectivity index (χ0) is 18.7. The van der Waals surface area contributed by atoms with Crippen LogP contribution in [0.2, 0.25) is 0 Å². The molecule has 0 heterocycles. The number of hydrogen-bond acceptors (Lipinski definition) is 4. The summed E-state index contributed by atoms with van der Waals surface area (Å²) in [6.07, 6.45) is 4.29. The molecular weight excluding hydrogens is 346 g/mol. The van der Waals surface area contributed by atoms with Crippen LogP contribution in [-0.2, 0) is 10.0 Å². The molecular formula is C20H29N3O2S. The van der Waals surface area contributed by atoms with E-state index in [1.54, 1.807) is 6.07 Å². The standard InChI is InChI=1S/C20H29N3O2S/c1-23(2)19-7-3-6-18-17(19)5-4-8-20(18)26(24,25)22-14-16-11-9-15(13-21)10-12-16/h3-8,15-16,22H,9-14,21H2,1-2H3/t15-,16-. The fourth-order valence-corrected chi connectivity index (χ4v) is 5.20. The summed E-state index contributed by atoms with van der Waals surface area (Å²) in [6.45, 7) is 1.24. The van der Waals surface area contributed by atoms with Crippen molar-refractivity contribution in [1.82, 2.24) is 4.72 Å². The quantitative estimate of drug-likeness (QED) is 0.814. The van der Waals surface area contributed by atoms with Crippen LogP contribution in [0.1, 0.15) is 25.7 Å². The maximum atomic E-state index is 12.9. The van der Waals surface area contributed by atoms with Gasteiger partial charge in [0.15, 0.2) is 0 Å². The minimum Gasteiger partial charge on any atom is -0.377 e. The predicted octanol–water partition coefficient (Wildman–Crippen LogP) is 2.95. The van der Waals surface area contributed by atoms with Gasteiger partial charge in [0.1, 0.15) is 0 Å². The number of sulfonamides is 1. The van der Waals surface area contributed by atoms with Gasteiger partial charge in [0.2, 0.25) is 10.0 Å². The molecule has 6 heteroatoms. The van der Waals surface area contributed by atoms with Crippen molar-refractivity contribution < 1.29 is 8.42 Å². The summed E-state index contributed by atoms with van der Waals surface area (Å²) in [6, 6.07) is 11.3. The van der Waals surface area contributed by atoms with E-state index in [-0.39, 0.29) is 0 Å². The molecule has 0 amide bonds. The van der Waals surface area contributed by atoms with Crippen molar-refractivity contribution >= 4 is 26.5 Å². The molecule has 1 aliphatic carbocycles. The number of benzene rings is 2. The molecule has 1 saturated carbocycles. The number of nitrogens with two attached hydrogens (primary N) is 1. The smallest absolute Gasteiger partial charge is 0.241 e. The van der Waals surface area contributed by atoms with Crippen LogP contribution in [0.3, 0.4) is 0 Å². The van der Waals surface area contributed by atoms with Gasteiger partial charge in [0.05, 0.1) is 4.90 Å². The fourth-order valence-electron chi connectivity index (χ4n) is 3.87. The molecule has 0 atom stereocenters. The Morgan fingerprint density at radius 3 is 2.27 bits per heavy atom. The molecule has 5 nitrogen and oxygen atoms in total. The van der Waals surface area contributed by atoms with Crippen LogP contribution in [0.15, 0.2) is 41.3 Å². The lowest BCUT2D eigenvalue weighted by Crippen LogP contribution is -2.32. The first-order chi connectivity index (χ1) is 12.4. The zero-order valence-electron chi connectivity index (χ0n) is 15.6. The molecule has 3 N–H and O–H groups in total. The van der Waals surface area contributed by atoms with E-state index < -0.39 is 10.0 Å². The van der Waals surface area contributed by atoms with Gasteiger partial charge in [0.25, 0.3) is 0 Å². The molecule has 0 bridgehead atoms. The van der Waals surface area contributed by atoms with E-state index >= 15 is 0 Å². The molecule has 2 aromatic rings. The van der Waals surface area contributed by atoms with Crippen LogP contribution in [0.4, 0.5) is 5.69 Å². The van der Waals surface area contributed by atoms with Crippen molar-refractivity contribution in [3.63, 3.8) is 0 Å². The molecule has 1 aliphatic rings. The highest BCUT2D eigenvalue weighted by Gasteiger charge is 2.23. The van der Waals surface area contributed by atoms with Gasteiger partial charge in [-0.3, -0.25) is 0 Å². The van der Waals surface area contributed by atoms with Gasteiger partial charge in [0, 0.05) is 37.1 Å². The Morgan fingerprint density at radius 2 is 1.62 bits per heavy atom. The first kappa shape index (κ1) is 19.1. The SMILES string of the molecule is CN(C)c1cccc2c(S(=O)(=O)NC[C@H]3CC[C@H](CN)CC3)cccc12. The van der Waals surface area contributed by atoms with Crippen molar-refractivity contribution in [2.24, 2.45) is 17.6 Å². The largest absolute Gasteiger partial charge is 0.377 e. The van der Waals surface area contributed by atoms with E-state index in [4.69, 9.17) is 5.73 Å². The normalized spacial score (nSPS) is 21.0. The van der Waals surface area contributed by atoms with Crippen LogP contribution in [0.25, 0.3) is 10.8 Å². The van der Waals surface area contributed by atoms with Crippen molar-refractivity contribution in [3.8, 4) is 0 Å². The maximum Gasteiger partial charge on any atom is 0.241 e. The van der Waals surface area contributed by atoms with E-state index in [0.717, 1.165) is 48.7 Å². The average molecular weight is 376 g/mol. The third kappa shape index (κ3) is 4.03. The lowest BCUT2D eigenvalue weighted by molar-refractivity contribution is 0.280. The second kappa shape index (κ2) is 7.94. The number of hydrogen-bond donors (Lipinski definition) is 2. The third-order valence-corrected chi connectivity index (χ3v) is 6.97. The lowest BCUT2D eigenvalue weighted by atomic mass is 9.82. The molecule has 2 aromatic carbocycles. The van der Waals surface area contributed by atoms with Crippen molar-refractivity contribution in [1.29, 1.82) is 0 Å². The number of rotatable bonds is 6. The third-order valence-electron chi connectivity index (χ3n) is 5.49. The lowest BCUT2D eigenvalue weighted by Gasteiger charge is -2.27. The topological polar surface area (TPSA) is 75.4 Å². The number of nitrogens with zero attached hydrogens (tertiary/aromatic N) is 1. The minimum atomic E-state index is -3.54. The molecule has 0 saturated heterocycles. The fraction of sp³-hybridized carbons (Fsp3) is 0.500. The highest BCUT2D eigenvalue weighted by atomic mass is 32.2. The van der Waals surface area contributed by atoms with Crippen LogP contribution in [-0.4, -0.2) is 35.6 Å². The number of anilines is 1. The Bertz CT molecular complexity index is 856. The van der Waals surface area contributed by atoms with E-state index in [2.05, 4.69) is 4.72 Å². The Kier molecular flexibility index (Phi) is 5.85. The molecule has 0 unspecified atom stereocenters. The molecule has 26 heavy (non-hydrogen) atoms. The molecule has 142 valence electrons. The van der Waals surface area contributed by atoms with Gasteiger partial charge in [-0.1, -0.05) is 24.3 Å². The molecule has 0 radical (unpaired) electrons. The molecule has 0 spiro atoms. The summed E-state index contributed by atoms with van der Waals surface area (Å²) in [5.41, 5.74) is 6.75. The van der Waals surface area contributed by atoms with Crippen molar-refractivity contribution in [3.05, 3.63) is 36.4 Å². The Balaban J connectivity index is 1.80. The first-order valence-electron chi connectivity index (χ1n) is 9.31. The summed E-state index contributed by atoms with van der Waals surface area (Å²) in [4.78, 5) is 2.36. The van der Waals surface area contributed by atoms with Crippen LogP contribution >= 0.6 is 0 Å². The van der Waals surface area contributed by atoms with Gasteiger partial charge in [-0.15, -0.1) is 0 Å². The van der Waals surface area contributed by atoms with Crippen LogP contribution in [0.5, 0.6) is 0 Å². The second-order valence-electron chi connectivity index (χ2n) is 7.50. The minimum absolute atomic E-state index is 0.356. The zero-order valence-corrected chi connectivity index (χ0v) is 16.4. The van der Waals surface area contributed by atoms with Gasteiger partial charge in [-0.05, 0) is 56.2 Å². The van der Waals surface area contributed by atoms with Gasteiger partial charge < -0.3 is 10.6 Å². The van der Waals surface area contributed by atoms with E-state index in [0.29, 0.717) is 23.3 Å². The van der Waals surface area contributed by atoms with Gasteiger partial charge in [-0.25, -0.2) is 13.1 Å². The number of nitrogens with one attached hydrogen (secondary N) is 1. The predicted molar refractivity (Wildman–Crippen MR) is 108 cm³/mol. The van der Waals surface area contributed by atoms with Crippen LogP contribution < -0.4 is 15.4 Å². The van der Waals surface area contributed by atoms with Crippen molar-refractivity contribution in [2.75, 3.05) is 32.1 Å². The summed E-state index contributed by atoms with van der Waals surface area (Å²) in [5.74, 6) is 1.00. The highest BCUT2D eigenvalue weighted by Crippen LogP contribution is 2.31. The summed E-state index contributed by atoms with van der Waals surface area (Å²) < 4.78 is 28.7. The number of fused-ring (bicyclic) bond motifs is 1. The Morgan fingerprint density at radius 1 is 1.00 bits per heavy atom. The van der Waals surface area contributed by atoms with Gasteiger partial charge >= 0.3 is 0 Å². The Hall–Kier alpha value is -1.63. The van der Waals surface area contributed by atoms with E-state index in [9.17, 15) is 8.42 Å². The molecule has 0 aromatic heterocycles. The van der Waals surface area contributed by atoms with Crippen LogP contribution in [0, 0.1) is 11.8 Å². The Labute approximate surface area is 156 Å². The summed E-state index contributed by atoms with van der Waals surface area (Å²) >= 11 is 0. The van der Waals surface area contributed by atoms with Crippen molar-refractivity contribution in [2.45, 2.75) is 30.6 Å². The second-order valence-corrected chi connectivity index (χ2v) is 9.23. The molecule has 0 aliphatic heterocycles. The monoisotopic (exact) mass is 375 g/mol.